The van der Waals surface area contributed by atoms with Crippen LogP contribution in [0.25, 0.3) is 5.69 Å². The van der Waals surface area contributed by atoms with Crippen molar-refractivity contribution >= 4 is 23.3 Å². The van der Waals surface area contributed by atoms with E-state index in [1.54, 1.807) is 31.2 Å². The molecule has 1 aromatic heterocycles. The van der Waals surface area contributed by atoms with Crippen molar-refractivity contribution in [3.8, 4) is 17.2 Å². The maximum absolute atomic E-state index is 13.2. The molecule has 0 radical (unpaired) electrons. The van der Waals surface area contributed by atoms with Crippen LogP contribution < -0.4 is 14.8 Å². The number of rotatable bonds is 3. The van der Waals surface area contributed by atoms with Crippen LogP contribution in [0.1, 0.15) is 16.1 Å². The van der Waals surface area contributed by atoms with E-state index in [0.29, 0.717) is 39.3 Å². The maximum Gasteiger partial charge on any atom is 0.257 e. The molecular weight excluding hydrogens is 361 g/mol. The van der Waals surface area contributed by atoms with E-state index in [4.69, 9.17) is 21.1 Å². The van der Waals surface area contributed by atoms with E-state index in [9.17, 15) is 9.18 Å². The van der Waals surface area contributed by atoms with Gasteiger partial charge in [0, 0.05) is 11.6 Å². The molecule has 1 aliphatic rings. The molecule has 3 aromatic rings. The van der Waals surface area contributed by atoms with Crippen LogP contribution in [-0.2, 0) is 0 Å². The molecule has 6 nitrogen and oxygen atoms in total. The van der Waals surface area contributed by atoms with Crippen LogP contribution in [0.3, 0.4) is 0 Å². The molecule has 0 saturated carbocycles. The Morgan fingerprint density at radius 2 is 2.00 bits per heavy atom. The number of ether oxygens (including phenoxy) is 2. The minimum atomic E-state index is -0.381. The minimum absolute atomic E-state index is 0.0661. The quantitative estimate of drug-likeness (QED) is 0.754. The zero-order chi connectivity index (χ0) is 18.3. The van der Waals surface area contributed by atoms with Gasteiger partial charge in [-0.2, -0.15) is 5.10 Å². The molecule has 8 heteroatoms. The van der Waals surface area contributed by atoms with E-state index >= 15 is 0 Å². The van der Waals surface area contributed by atoms with Crippen molar-refractivity contribution in [1.82, 2.24) is 9.78 Å². The molecule has 1 aliphatic heterocycles. The van der Waals surface area contributed by atoms with Gasteiger partial charge in [-0.3, -0.25) is 4.79 Å². The molecule has 0 atom stereocenters. The van der Waals surface area contributed by atoms with E-state index in [1.807, 2.05) is 0 Å². The van der Waals surface area contributed by atoms with Crippen molar-refractivity contribution < 1.29 is 18.7 Å². The van der Waals surface area contributed by atoms with Gasteiger partial charge in [0.25, 0.3) is 5.91 Å². The highest BCUT2D eigenvalue weighted by Gasteiger charge is 2.21. The molecule has 0 aliphatic carbocycles. The molecule has 2 aromatic carbocycles. The van der Waals surface area contributed by atoms with Crippen LogP contribution in [0.5, 0.6) is 11.5 Å². The number of aromatic nitrogens is 2. The Bertz CT molecular complexity index is 1000. The second-order valence-corrected chi connectivity index (χ2v) is 6.11. The number of hydrogen-bond donors (Lipinski definition) is 1. The standard InChI is InChI=1S/C18H13ClFN3O3/c1-10-6-16(23(22-10)13-4-2-12(20)3-5-13)21-18(24)11-7-14(19)17-15(8-11)25-9-26-17/h2-8H,9H2,1H3,(H,21,24). The number of carbonyl (C=O) groups is 1. The SMILES string of the molecule is Cc1cc(NC(=O)c2cc(Cl)c3c(c2)OCO3)n(-c2ccc(F)cc2)n1. The van der Waals surface area contributed by atoms with Gasteiger partial charge < -0.3 is 14.8 Å². The summed E-state index contributed by atoms with van der Waals surface area (Å²) < 4.78 is 25.2. The number of carbonyl (C=O) groups excluding carboxylic acids is 1. The lowest BCUT2D eigenvalue weighted by Crippen LogP contribution is -2.15. The summed E-state index contributed by atoms with van der Waals surface area (Å²) in [6.07, 6.45) is 0. The highest BCUT2D eigenvalue weighted by molar-refractivity contribution is 6.32. The van der Waals surface area contributed by atoms with Gasteiger partial charge in [0.2, 0.25) is 6.79 Å². The van der Waals surface area contributed by atoms with Gasteiger partial charge in [-0.05, 0) is 43.3 Å². The molecule has 0 bridgehead atoms. The molecule has 0 saturated heterocycles. The molecule has 1 N–H and O–H groups in total. The zero-order valence-corrected chi connectivity index (χ0v) is 14.4. The van der Waals surface area contributed by atoms with Gasteiger partial charge >= 0.3 is 0 Å². The summed E-state index contributed by atoms with van der Waals surface area (Å²) in [5, 5.41) is 7.43. The molecule has 132 valence electrons. The van der Waals surface area contributed by atoms with E-state index in [2.05, 4.69) is 10.4 Å². The van der Waals surface area contributed by atoms with Crippen molar-refractivity contribution in [1.29, 1.82) is 0 Å². The average molecular weight is 374 g/mol. The smallest absolute Gasteiger partial charge is 0.257 e. The first-order valence-electron chi connectivity index (χ1n) is 7.74. The van der Waals surface area contributed by atoms with E-state index in [0.717, 1.165) is 0 Å². The number of hydrogen-bond acceptors (Lipinski definition) is 4. The Kier molecular flexibility index (Phi) is 4.00. The normalized spacial score (nSPS) is 12.3. The van der Waals surface area contributed by atoms with Gasteiger partial charge in [-0.1, -0.05) is 11.6 Å². The second kappa shape index (κ2) is 6.34. The molecule has 2 heterocycles. The second-order valence-electron chi connectivity index (χ2n) is 5.71. The third kappa shape index (κ3) is 2.97. The lowest BCUT2D eigenvalue weighted by atomic mass is 10.2. The van der Waals surface area contributed by atoms with Crippen molar-refractivity contribution in [3.05, 3.63) is 64.6 Å². The summed E-state index contributed by atoms with van der Waals surface area (Å²) in [5.74, 6) is 0.570. The van der Waals surface area contributed by atoms with Crippen molar-refractivity contribution in [2.24, 2.45) is 0 Å². The van der Waals surface area contributed by atoms with Crippen LogP contribution in [0.2, 0.25) is 5.02 Å². The number of nitrogens with zero attached hydrogens (tertiary/aromatic N) is 2. The third-order valence-electron chi connectivity index (χ3n) is 3.83. The van der Waals surface area contributed by atoms with E-state index in [-0.39, 0.29) is 18.5 Å². The number of nitrogens with one attached hydrogen (secondary N) is 1. The molecule has 26 heavy (non-hydrogen) atoms. The molecule has 4 rings (SSSR count). The topological polar surface area (TPSA) is 65.4 Å². The first-order valence-corrected chi connectivity index (χ1v) is 8.12. The van der Waals surface area contributed by atoms with Crippen LogP contribution >= 0.6 is 11.6 Å². The highest BCUT2D eigenvalue weighted by Crippen LogP contribution is 2.39. The van der Waals surface area contributed by atoms with Crippen molar-refractivity contribution in [2.75, 3.05) is 12.1 Å². The summed E-state index contributed by atoms with van der Waals surface area (Å²) in [5.41, 5.74) is 1.65. The number of halogens is 2. The molecular formula is C18H13ClFN3O3. The van der Waals surface area contributed by atoms with Gasteiger partial charge in [0.1, 0.15) is 11.6 Å². The van der Waals surface area contributed by atoms with Crippen molar-refractivity contribution in [2.45, 2.75) is 6.92 Å². The summed E-state index contributed by atoms with van der Waals surface area (Å²) in [4.78, 5) is 12.6. The maximum atomic E-state index is 13.2. The fourth-order valence-electron chi connectivity index (χ4n) is 2.65. The summed E-state index contributed by atoms with van der Waals surface area (Å²) in [6.45, 7) is 1.86. The Labute approximate surface area is 153 Å². The van der Waals surface area contributed by atoms with Gasteiger partial charge in [0.05, 0.1) is 16.4 Å². The van der Waals surface area contributed by atoms with Gasteiger partial charge in [-0.25, -0.2) is 9.07 Å². The van der Waals surface area contributed by atoms with Crippen LogP contribution in [-0.4, -0.2) is 22.5 Å². The number of amides is 1. The Hall–Kier alpha value is -3.06. The lowest BCUT2D eigenvalue weighted by molar-refractivity contribution is 0.102. The lowest BCUT2D eigenvalue weighted by Gasteiger charge is -2.10. The predicted octanol–water partition coefficient (Wildman–Crippen LogP) is 3.95. The molecule has 0 spiro atoms. The monoisotopic (exact) mass is 373 g/mol. The van der Waals surface area contributed by atoms with Gasteiger partial charge in [-0.15, -0.1) is 0 Å². The van der Waals surface area contributed by atoms with Crippen LogP contribution in [0.4, 0.5) is 10.2 Å². The summed E-state index contributed by atoms with van der Waals surface area (Å²) >= 11 is 6.13. The number of aryl methyl sites for hydroxylation is 1. The molecule has 0 unspecified atom stereocenters. The third-order valence-corrected chi connectivity index (χ3v) is 4.11. The fraction of sp³-hybridized carbons (Fsp3) is 0.111. The minimum Gasteiger partial charge on any atom is -0.454 e. The number of anilines is 1. The molecule has 1 amide bonds. The fourth-order valence-corrected chi connectivity index (χ4v) is 2.92. The van der Waals surface area contributed by atoms with E-state index in [1.165, 1.54) is 22.9 Å². The summed E-state index contributed by atoms with van der Waals surface area (Å²) in [6, 6.07) is 10.6. The van der Waals surface area contributed by atoms with Crippen LogP contribution in [0, 0.1) is 12.7 Å². The van der Waals surface area contributed by atoms with Crippen LogP contribution in [0.15, 0.2) is 42.5 Å². The van der Waals surface area contributed by atoms with Gasteiger partial charge in [0.15, 0.2) is 11.5 Å². The first-order chi connectivity index (χ1) is 12.5. The zero-order valence-electron chi connectivity index (χ0n) is 13.6. The first kappa shape index (κ1) is 16.4. The number of fused-ring (bicyclic) bond motifs is 1. The Morgan fingerprint density at radius 3 is 2.77 bits per heavy atom. The Morgan fingerprint density at radius 1 is 1.23 bits per heavy atom. The van der Waals surface area contributed by atoms with Crippen molar-refractivity contribution in [3.63, 3.8) is 0 Å². The predicted molar refractivity (Wildman–Crippen MR) is 93.8 cm³/mol. The average Bonchev–Trinajstić information content (AvgIpc) is 3.22. The Balaban J connectivity index is 1.65. The summed E-state index contributed by atoms with van der Waals surface area (Å²) in [7, 11) is 0. The molecule has 0 fully saturated rings. The van der Waals surface area contributed by atoms with E-state index < -0.39 is 0 Å². The highest BCUT2D eigenvalue weighted by atomic mass is 35.5. The number of benzene rings is 2. The largest absolute Gasteiger partial charge is 0.454 e.